The molecule has 3 aromatic carbocycles. The number of carbonyl (C=O) groups excluding carboxylic acids is 1. The largest absolute Gasteiger partial charge is 0.368 e. The highest BCUT2D eigenvalue weighted by Gasteiger charge is 2.17. The summed E-state index contributed by atoms with van der Waals surface area (Å²) in [5.41, 5.74) is 6.50. The first-order valence-corrected chi connectivity index (χ1v) is 13.1. The highest BCUT2D eigenvalue weighted by molar-refractivity contribution is 5.94. The molecule has 6 rings (SSSR count). The third-order valence-corrected chi connectivity index (χ3v) is 6.82. The minimum absolute atomic E-state index is 0.0523. The lowest BCUT2D eigenvalue weighted by Gasteiger charge is -2.16. The molecular weight excluding hydrogens is 520 g/mol. The number of aryl methyl sites for hydroxylation is 1. The highest BCUT2D eigenvalue weighted by Crippen LogP contribution is 2.27. The first-order valence-electron chi connectivity index (χ1n) is 13.1. The number of rotatable bonds is 9. The molecule has 204 valence electrons. The van der Waals surface area contributed by atoms with Gasteiger partial charge < -0.3 is 10.3 Å². The second-order valence-electron chi connectivity index (χ2n) is 9.46. The molecule has 6 aromatic rings. The van der Waals surface area contributed by atoms with Crippen LogP contribution in [-0.2, 0) is 17.6 Å². The summed E-state index contributed by atoms with van der Waals surface area (Å²) in [5.74, 6) is 0.813. The molecule has 0 aliphatic rings. The van der Waals surface area contributed by atoms with Gasteiger partial charge in [-0.3, -0.25) is 19.4 Å². The lowest BCUT2D eigenvalue weighted by atomic mass is 9.99. The molecule has 3 heterocycles. The lowest BCUT2D eigenvalue weighted by Crippen LogP contribution is -2.25. The monoisotopic (exact) mass is 546 g/mol. The molecule has 0 radical (unpaired) electrons. The third-order valence-electron chi connectivity index (χ3n) is 6.82. The van der Waals surface area contributed by atoms with Crippen molar-refractivity contribution in [3.8, 4) is 16.8 Å². The molecule has 3 aromatic heterocycles. The van der Waals surface area contributed by atoms with Crippen molar-refractivity contribution in [1.29, 1.82) is 0 Å². The van der Waals surface area contributed by atoms with Crippen LogP contribution in [0, 0.1) is 0 Å². The zero-order valence-corrected chi connectivity index (χ0v) is 21.9. The third kappa shape index (κ3) is 5.25. The van der Waals surface area contributed by atoms with Gasteiger partial charge in [0.15, 0.2) is 11.5 Å². The number of carbonyl (C=O) groups is 1. The van der Waals surface area contributed by atoms with E-state index in [-0.39, 0.29) is 12.0 Å². The number of anilines is 1. The minimum Gasteiger partial charge on any atom is -0.368 e. The Hall–Kier alpha value is -5.42. The van der Waals surface area contributed by atoms with Crippen molar-refractivity contribution in [3.63, 3.8) is 0 Å². The molecular formula is C30H26N8O3. The number of para-hydroxylation sites is 1. The Morgan fingerprint density at radius 1 is 0.951 bits per heavy atom. The summed E-state index contributed by atoms with van der Waals surface area (Å²) in [4.78, 5) is 46.4. The summed E-state index contributed by atoms with van der Waals surface area (Å²) in [6, 6.07) is 22.5. The maximum Gasteiger partial charge on any atom is 0.266 e. The number of benzene rings is 3. The van der Waals surface area contributed by atoms with Gasteiger partial charge in [-0.2, -0.15) is 0 Å². The van der Waals surface area contributed by atoms with E-state index >= 15 is 0 Å². The van der Waals surface area contributed by atoms with E-state index in [9.17, 15) is 9.59 Å². The first kappa shape index (κ1) is 25.8. The SMILES string of the molecule is O=C(Cc1ccc(-c2cccc3nc(CCCNc4ncnc5[nH]cnc45)n(-c4ccccc4)c(=O)c23)cc1)NO. The Morgan fingerprint density at radius 2 is 1.78 bits per heavy atom. The molecule has 0 aliphatic heterocycles. The Balaban J connectivity index is 1.34. The number of aromatic amines is 1. The number of hydrogen-bond acceptors (Lipinski definition) is 8. The predicted octanol–water partition coefficient (Wildman–Crippen LogP) is 3.81. The van der Waals surface area contributed by atoms with Gasteiger partial charge in [-0.05, 0) is 41.3 Å². The number of aromatic nitrogens is 6. The maximum atomic E-state index is 14.2. The molecule has 0 unspecified atom stereocenters. The van der Waals surface area contributed by atoms with Gasteiger partial charge in [-0.1, -0.05) is 54.6 Å². The number of hydrogen-bond donors (Lipinski definition) is 4. The second kappa shape index (κ2) is 11.4. The fraction of sp³-hybridized carbons (Fsp3) is 0.133. The number of nitrogens with one attached hydrogen (secondary N) is 3. The van der Waals surface area contributed by atoms with Crippen LogP contribution in [0.5, 0.6) is 0 Å². The number of hydroxylamine groups is 1. The number of amides is 1. The van der Waals surface area contributed by atoms with Crippen LogP contribution >= 0.6 is 0 Å². The van der Waals surface area contributed by atoms with E-state index in [1.165, 1.54) is 6.33 Å². The molecule has 11 heteroatoms. The molecule has 0 saturated heterocycles. The van der Waals surface area contributed by atoms with Crippen LogP contribution in [0.2, 0.25) is 0 Å². The fourth-order valence-electron chi connectivity index (χ4n) is 4.90. The smallest absolute Gasteiger partial charge is 0.266 e. The molecule has 41 heavy (non-hydrogen) atoms. The topological polar surface area (TPSA) is 151 Å². The van der Waals surface area contributed by atoms with E-state index in [1.54, 1.807) is 16.4 Å². The summed E-state index contributed by atoms with van der Waals surface area (Å²) in [6.07, 6.45) is 4.37. The van der Waals surface area contributed by atoms with Crippen molar-refractivity contribution >= 4 is 33.8 Å². The zero-order valence-electron chi connectivity index (χ0n) is 21.9. The maximum absolute atomic E-state index is 14.2. The van der Waals surface area contributed by atoms with Gasteiger partial charge in [-0.15, -0.1) is 0 Å². The van der Waals surface area contributed by atoms with E-state index in [2.05, 4.69) is 25.3 Å². The van der Waals surface area contributed by atoms with E-state index in [4.69, 9.17) is 10.2 Å². The first-order chi connectivity index (χ1) is 20.1. The quantitative estimate of drug-likeness (QED) is 0.121. The summed E-state index contributed by atoms with van der Waals surface area (Å²) >= 11 is 0. The van der Waals surface area contributed by atoms with E-state index in [1.807, 2.05) is 72.8 Å². The second-order valence-corrected chi connectivity index (χ2v) is 9.46. The average Bonchev–Trinajstić information content (AvgIpc) is 3.50. The molecule has 0 aliphatic carbocycles. The van der Waals surface area contributed by atoms with Crippen LogP contribution in [-0.4, -0.2) is 47.1 Å². The molecule has 0 saturated carbocycles. The summed E-state index contributed by atoms with van der Waals surface area (Å²) in [6.45, 7) is 0.600. The Bertz CT molecular complexity index is 1900. The normalized spacial score (nSPS) is 11.1. The number of imidazole rings is 1. The van der Waals surface area contributed by atoms with Gasteiger partial charge in [-0.25, -0.2) is 25.4 Å². The molecule has 0 fully saturated rings. The molecule has 11 nitrogen and oxygen atoms in total. The Labute approximate surface area is 233 Å². The van der Waals surface area contributed by atoms with Gasteiger partial charge >= 0.3 is 0 Å². The molecule has 1 amide bonds. The fourth-order valence-corrected chi connectivity index (χ4v) is 4.90. The number of H-pyrrole nitrogens is 1. The molecule has 0 spiro atoms. The van der Waals surface area contributed by atoms with Crippen molar-refractivity contribution in [3.05, 3.63) is 107 Å². The van der Waals surface area contributed by atoms with Crippen molar-refractivity contribution < 1.29 is 10.0 Å². The summed E-state index contributed by atoms with van der Waals surface area (Å²) in [7, 11) is 0. The summed E-state index contributed by atoms with van der Waals surface area (Å²) in [5, 5.41) is 12.6. The summed E-state index contributed by atoms with van der Waals surface area (Å²) < 4.78 is 1.68. The zero-order chi connectivity index (χ0) is 28.2. The predicted molar refractivity (Wildman–Crippen MR) is 155 cm³/mol. The van der Waals surface area contributed by atoms with Crippen LogP contribution in [0.4, 0.5) is 5.82 Å². The van der Waals surface area contributed by atoms with Crippen molar-refractivity contribution in [2.24, 2.45) is 0 Å². The molecule has 0 bridgehead atoms. The van der Waals surface area contributed by atoms with E-state index in [0.717, 1.165) is 22.4 Å². The number of nitrogens with zero attached hydrogens (tertiary/aromatic N) is 5. The van der Waals surface area contributed by atoms with Crippen LogP contribution in [0.3, 0.4) is 0 Å². The highest BCUT2D eigenvalue weighted by atomic mass is 16.5. The van der Waals surface area contributed by atoms with Crippen LogP contribution in [0.1, 0.15) is 17.8 Å². The average molecular weight is 547 g/mol. The lowest BCUT2D eigenvalue weighted by molar-refractivity contribution is -0.128. The van der Waals surface area contributed by atoms with Crippen molar-refractivity contribution in [2.75, 3.05) is 11.9 Å². The van der Waals surface area contributed by atoms with Crippen molar-refractivity contribution in [1.82, 2.24) is 35.0 Å². The van der Waals surface area contributed by atoms with Crippen LogP contribution in [0.15, 0.2) is 90.2 Å². The molecule has 0 atom stereocenters. The van der Waals surface area contributed by atoms with Gasteiger partial charge in [0, 0.05) is 13.0 Å². The van der Waals surface area contributed by atoms with E-state index in [0.29, 0.717) is 53.1 Å². The van der Waals surface area contributed by atoms with E-state index < -0.39 is 5.91 Å². The van der Waals surface area contributed by atoms with Crippen LogP contribution in [0.25, 0.3) is 38.9 Å². The van der Waals surface area contributed by atoms with Gasteiger partial charge in [0.2, 0.25) is 5.91 Å². The van der Waals surface area contributed by atoms with Gasteiger partial charge in [0.1, 0.15) is 17.7 Å². The van der Waals surface area contributed by atoms with Gasteiger partial charge in [0.05, 0.1) is 29.3 Å². The van der Waals surface area contributed by atoms with Crippen molar-refractivity contribution in [2.45, 2.75) is 19.3 Å². The van der Waals surface area contributed by atoms with Gasteiger partial charge in [0.25, 0.3) is 5.56 Å². The minimum atomic E-state index is -0.493. The van der Waals surface area contributed by atoms with Crippen LogP contribution < -0.4 is 16.4 Å². The number of fused-ring (bicyclic) bond motifs is 2. The Kier molecular flexibility index (Phi) is 7.16. The Morgan fingerprint density at radius 3 is 2.59 bits per heavy atom. The standard InChI is InChI=1S/C30H26N8O3/c39-25(37-41)16-19-11-13-20(14-12-19)22-8-4-9-23-26(22)30(40)38(21-6-2-1-3-7-21)24(36-23)10-5-15-31-28-27-29(33-17-32-27)35-18-34-28/h1-4,6-9,11-14,17-18,41H,5,10,15-16H2,(H,37,39)(H2,31,32,33,34,35). The molecule has 4 N–H and O–H groups in total.